The summed E-state index contributed by atoms with van der Waals surface area (Å²) in [4.78, 5) is 19.8. The number of carbonyl (C=O) groups excluding carboxylic acids is 1. The fraction of sp³-hybridized carbons (Fsp3) is 0.125. The van der Waals surface area contributed by atoms with Gasteiger partial charge in [0.05, 0.1) is 16.6 Å². The van der Waals surface area contributed by atoms with Crippen molar-refractivity contribution in [3.05, 3.63) is 33.1 Å². The summed E-state index contributed by atoms with van der Waals surface area (Å²) in [5.41, 5.74) is -1.31. The average Bonchev–Trinajstić information content (AvgIpc) is 2.12. The van der Waals surface area contributed by atoms with E-state index in [0.717, 1.165) is 0 Å². The van der Waals surface area contributed by atoms with Crippen LogP contribution in [0.1, 0.15) is 15.9 Å². The van der Waals surface area contributed by atoms with E-state index in [1.165, 1.54) is 6.92 Å². The first kappa shape index (κ1) is 10.1. The zero-order valence-electron chi connectivity index (χ0n) is 7.15. The zero-order chi connectivity index (χ0) is 10.9. The van der Waals surface area contributed by atoms with Gasteiger partial charge in [0, 0.05) is 0 Å². The maximum atomic E-state index is 13.0. The van der Waals surface area contributed by atoms with Crippen LogP contribution < -0.4 is 0 Å². The number of benzene rings is 1. The molecule has 0 atom stereocenters. The molecule has 0 spiro atoms. The molecule has 14 heavy (non-hydrogen) atoms. The summed E-state index contributed by atoms with van der Waals surface area (Å²) in [6, 6.07) is 0.581. The Morgan fingerprint density at radius 3 is 2.64 bits per heavy atom. The second-order valence-corrected chi connectivity index (χ2v) is 2.64. The zero-order valence-corrected chi connectivity index (χ0v) is 7.15. The van der Waals surface area contributed by atoms with Crippen LogP contribution in [0.25, 0.3) is 0 Å². The highest BCUT2D eigenvalue weighted by Gasteiger charge is 2.21. The number of halogens is 1. The molecule has 0 saturated carbocycles. The molecular formula is C8H6FNO4. The van der Waals surface area contributed by atoms with Crippen molar-refractivity contribution in [1.82, 2.24) is 0 Å². The minimum Gasteiger partial charge on any atom is -0.502 e. The van der Waals surface area contributed by atoms with Crippen molar-refractivity contribution in [3.8, 4) is 5.75 Å². The Bertz CT molecular complexity index is 416. The van der Waals surface area contributed by atoms with Crippen molar-refractivity contribution in [1.29, 1.82) is 0 Å². The average molecular weight is 199 g/mol. The van der Waals surface area contributed by atoms with Crippen molar-refractivity contribution < 1.29 is 19.2 Å². The van der Waals surface area contributed by atoms with Gasteiger partial charge in [-0.05, 0) is 12.5 Å². The van der Waals surface area contributed by atoms with Gasteiger partial charge >= 0.3 is 5.69 Å². The summed E-state index contributed by atoms with van der Waals surface area (Å²) in [6.45, 7) is 1.25. The van der Waals surface area contributed by atoms with Gasteiger partial charge in [0.1, 0.15) is 5.82 Å². The van der Waals surface area contributed by atoms with E-state index in [9.17, 15) is 24.4 Å². The lowest BCUT2D eigenvalue weighted by Gasteiger charge is -2.03. The number of rotatable bonds is 2. The number of nitrogens with zero attached hydrogens (tertiary/aromatic N) is 1. The molecule has 1 N–H and O–H groups in total. The lowest BCUT2D eigenvalue weighted by atomic mass is 10.1. The van der Waals surface area contributed by atoms with Gasteiger partial charge in [0.2, 0.25) is 5.75 Å². The van der Waals surface area contributed by atoms with Gasteiger partial charge in [-0.2, -0.15) is 0 Å². The number of nitro groups is 1. The molecule has 0 aromatic heterocycles. The molecular weight excluding hydrogens is 193 g/mol. The van der Waals surface area contributed by atoms with Crippen molar-refractivity contribution in [2.24, 2.45) is 0 Å². The molecule has 1 aromatic carbocycles. The molecule has 0 heterocycles. The summed E-state index contributed by atoms with van der Waals surface area (Å²) < 4.78 is 13.0. The molecule has 0 saturated heterocycles. The maximum Gasteiger partial charge on any atom is 0.314 e. The van der Waals surface area contributed by atoms with Crippen LogP contribution in [0.5, 0.6) is 5.75 Å². The Balaban J connectivity index is 3.58. The van der Waals surface area contributed by atoms with E-state index in [0.29, 0.717) is 6.07 Å². The Morgan fingerprint density at radius 2 is 2.21 bits per heavy atom. The van der Waals surface area contributed by atoms with E-state index in [1.807, 2.05) is 0 Å². The molecule has 1 rings (SSSR count). The van der Waals surface area contributed by atoms with Crippen LogP contribution in [0.3, 0.4) is 0 Å². The summed E-state index contributed by atoms with van der Waals surface area (Å²) in [5.74, 6) is -1.69. The number of aromatic hydroxyl groups is 1. The van der Waals surface area contributed by atoms with Crippen molar-refractivity contribution >= 4 is 12.0 Å². The topological polar surface area (TPSA) is 80.4 Å². The molecule has 0 aliphatic heterocycles. The lowest BCUT2D eigenvalue weighted by molar-refractivity contribution is -0.386. The first-order valence-corrected chi connectivity index (χ1v) is 3.60. The van der Waals surface area contributed by atoms with Crippen molar-refractivity contribution in [3.63, 3.8) is 0 Å². The van der Waals surface area contributed by atoms with Gasteiger partial charge in [0.25, 0.3) is 0 Å². The Kier molecular flexibility index (Phi) is 2.46. The molecule has 5 nitrogen and oxygen atoms in total. The Hall–Kier alpha value is -1.98. The van der Waals surface area contributed by atoms with Gasteiger partial charge in [-0.25, -0.2) is 4.39 Å². The highest BCUT2D eigenvalue weighted by Crippen LogP contribution is 2.32. The maximum absolute atomic E-state index is 13.0. The van der Waals surface area contributed by atoms with Gasteiger partial charge in [-0.3, -0.25) is 14.9 Å². The first-order valence-electron chi connectivity index (χ1n) is 3.60. The predicted molar refractivity (Wildman–Crippen MR) is 44.8 cm³/mol. The summed E-state index contributed by atoms with van der Waals surface area (Å²) in [5, 5.41) is 19.5. The molecule has 1 aromatic rings. The summed E-state index contributed by atoms with van der Waals surface area (Å²) >= 11 is 0. The number of hydrogen-bond donors (Lipinski definition) is 1. The third-order valence-electron chi connectivity index (χ3n) is 1.84. The largest absolute Gasteiger partial charge is 0.502 e. The van der Waals surface area contributed by atoms with Gasteiger partial charge in [0.15, 0.2) is 6.29 Å². The fourth-order valence-electron chi connectivity index (χ4n) is 1.02. The van der Waals surface area contributed by atoms with E-state index in [-0.39, 0.29) is 11.8 Å². The van der Waals surface area contributed by atoms with Crippen LogP contribution >= 0.6 is 0 Å². The highest BCUT2D eigenvalue weighted by molar-refractivity contribution is 5.84. The van der Waals surface area contributed by atoms with Crippen LogP contribution in [0.4, 0.5) is 10.1 Å². The summed E-state index contributed by atoms with van der Waals surface area (Å²) in [6.07, 6.45) is 0.181. The minimum atomic E-state index is -0.954. The number of carbonyl (C=O) groups is 1. The smallest absolute Gasteiger partial charge is 0.314 e. The second kappa shape index (κ2) is 3.41. The Labute approximate surface area is 77.9 Å². The number of phenols is 1. The lowest BCUT2D eigenvalue weighted by Crippen LogP contribution is -1.97. The van der Waals surface area contributed by atoms with Crippen LogP contribution in [0.15, 0.2) is 6.07 Å². The van der Waals surface area contributed by atoms with E-state index >= 15 is 0 Å². The molecule has 0 unspecified atom stereocenters. The molecule has 0 amide bonds. The third kappa shape index (κ3) is 1.41. The predicted octanol–water partition coefficient (Wildman–Crippen LogP) is 1.56. The number of nitro benzene ring substituents is 1. The van der Waals surface area contributed by atoms with Gasteiger partial charge in [-0.1, -0.05) is 0 Å². The SMILES string of the molecule is Cc1c(F)cc([N+](=O)[O-])c(O)c1C=O. The van der Waals surface area contributed by atoms with Crippen LogP contribution in [0, 0.1) is 22.9 Å². The molecule has 0 fully saturated rings. The number of hydrogen-bond acceptors (Lipinski definition) is 4. The van der Waals surface area contributed by atoms with E-state index in [1.54, 1.807) is 0 Å². The first-order chi connectivity index (χ1) is 6.49. The van der Waals surface area contributed by atoms with E-state index < -0.39 is 27.7 Å². The normalized spacial score (nSPS) is 9.86. The van der Waals surface area contributed by atoms with E-state index in [4.69, 9.17) is 0 Å². The highest BCUT2D eigenvalue weighted by atomic mass is 19.1. The van der Waals surface area contributed by atoms with Crippen molar-refractivity contribution in [2.45, 2.75) is 6.92 Å². The molecule has 6 heteroatoms. The Morgan fingerprint density at radius 1 is 1.64 bits per heavy atom. The number of phenolic OH excluding ortho intramolecular Hbond substituents is 1. The van der Waals surface area contributed by atoms with E-state index in [2.05, 4.69) is 0 Å². The molecule has 0 aliphatic carbocycles. The van der Waals surface area contributed by atoms with Crippen LogP contribution in [-0.2, 0) is 0 Å². The minimum absolute atomic E-state index is 0.108. The molecule has 0 radical (unpaired) electrons. The molecule has 0 bridgehead atoms. The standard InChI is InChI=1S/C8H6FNO4/c1-4-5(3-11)8(12)7(10(13)14)2-6(4)9/h2-3,12H,1H3. The third-order valence-corrected chi connectivity index (χ3v) is 1.84. The summed E-state index contributed by atoms with van der Waals surface area (Å²) in [7, 11) is 0. The van der Waals surface area contributed by atoms with Crippen LogP contribution in [-0.4, -0.2) is 16.3 Å². The fourth-order valence-corrected chi connectivity index (χ4v) is 1.02. The number of aldehydes is 1. The second-order valence-electron chi connectivity index (χ2n) is 2.64. The van der Waals surface area contributed by atoms with Crippen LogP contribution in [0.2, 0.25) is 0 Å². The molecule has 0 aliphatic rings. The monoisotopic (exact) mass is 199 g/mol. The van der Waals surface area contributed by atoms with Gasteiger partial charge in [-0.15, -0.1) is 0 Å². The van der Waals surface area contributed by atoms with Gasteiger partial charge < -0.3 is 5.11 Å². The quantitative estimate of drug-likeness (QED) is 0.445. The molecule has 74 valence electrons. The van der Waals surface area contributed by atoms with Crippen molar-refractivity contribution in [2.75, 3.05) is 0 Å².